The van der Waals surface area contributed by atoms with E-state index in [9.17, 15) is 14.2 Å². The third-order valence-corrected chi connectivity index (χ3v) is 3.36. The Hall–Kier alpha value is -2.92. The standard InChI is InChI=1S/C14H11N2O5P/c15-13(17)9-1-5-11(6-2-9)20-22(19)21-12-7-3-10(4-8-12)14(16)18/h1-8H,(H3-,15,16,17,18)/p+1. The molecule has 2 aromatic rings. The van der Waals surface area contributed by atoms with Crippen molar-refractivity contribution in [1.82, 2.24) is 0 Å². The summed E-state index contributed by atoms with van der Waals surface area (Å²) in [5, 5.41) is 0. The van der Waals surface area contributed by atoms with E-state index >= 15 is 0 Å². The minimum Gasteiger partial charge on any atom is -0.366 e. The molecular formula is C14H12N2O5P+. The van der Waals surface area contributed by atoms with E-state index < -0.39 is 20.1 Å². The Kier molecular flexibility index (Phi) is 4.70. The molecule has 0 saturated carbocycles. The van der Waals surface area contributed by atoms with E-state index in [2.05, 4.69) is 0 Å². The molecule has 0 aliphatic heterocycles. The van der Waals surface area contributed by atoms with Gasteiger partial charge in [0.1, 0.15) is 0 Å². The van der Waals surface area contributed by atoms with Crippen molar-refractivity contribution in [1.29, 1.82) is 0 Å². The van der Waals surface area contributed by atoms with Crippen LogP contribution in [-0.4, -0.2) is 11.8 Å². The first kappa shape index (κ1) is 15.5. The van der Waals surface area contributed by atoms with Gasteiger partial charge in [0.25, 0.3) is 0 Å². The maximum atomic E-state index is 11.7. The minimum absolute atomic E-state index is 0.264. The predicted molar refractivity (Wildman–Crippen MR) is 78.8 cm³/mol. The second-order valence-electron chi connectivity index (χ2n) is 4.18. The lowest BCUT2D eigenvalue weighted by Crippen LogP contribution is -2.10. The second-order valence-corrected chi connectivity index (χ2v) is 5.00. The molecule has 0 spiro atoms. The SMILES string of the molecule is NC(=O)c1ccc(O[P+](=O)Oc2ccc(C(N)=O)cc2)cc1. The first-order valence-corrected chi connectivity index (χ1v) is 7.18. The van der Waals surface area contributed by atoms with Gasteiger partial charge in [0.05, 0.1) is 0 Å². The van der Waals surface area contributed by atoms with Gasteiger partial charge in [-0.15, -0.1) is 0 Å². The molecule has 0 heterocycles. The topological polar surface area (TPSA) is 122 Å². The van der Waals surface area contributed by atoms with Crippen molar-refractivity contribution in [3.63, 3.8) is 0 Å². The lowest BCUT2D eigenvalue weighted by Gasteiger charge is -1.97. The first-order chi connectivity index (χ1) is 10.5. The molecule has 112 valence electrons. The molecule has 2 amide bonds. The largest absolute Gasteiger partial charge is 0.805 e. The molecule has 0 unspecified atom stereocenters. The summed E-state index contributed by atoms with van der Waals surface area (Å²) < 4.78 is 21.9. The van der Waals surface area contributed by atoms with Crippen molar-refractivity contribution in [3.05, 3.63) is 59.7 Å². The maximum Gasteiger partial charge on any atom is 0.805 e. The summed E-state index contributed by atoms with van der Waals surface area (Å²) in [6.45, 7) is 0. The molecule has 0 radical (unpaired) electrons. The highest BCUT2D eigenvalue weighted by Gasteiger charge is 2.24. The van der Waals surface area contributed by atoms with Gasteiger partial charge in [0.15, 0.2) is 11.5 Å². The Morgan fingerprint density at radius 2 is 1.05 bits per heavy atom. The number of carbonyl (C=O) groups is 2. The minimum atomic E-state index is -2.47. The van der Waals surface area contributed by atoms with E-state index in [4.69, 9.17) is 20.5 Å². The molecule has 4 N–H and O–H groups in total. The van der Waals surface area contributed by atoms with Gasteiger partial charge in [0, 0.05) is 15.7 Å². The zero-order valence-electron chi connectivity index (χ0n) is 11.3. The Morgan fingerprint density at radius 1 is 0.727 bits per heavy atom. The third kappa shape index (κ3) is 4.04. The van der Waals surface area contributed by atoms with E-state index in [0.29, 0.717) is 11.1 Å². The van der Waals surface area contributed by atoms with Crippen molar-refractivity contribution in [3.8, 4) is 11.5 Å². The first-order valence-electron chi connectivity index (χ1n) is 6.08. The van der Waals surface area contributed by atoms with Crippen LogP contribution in [0.3, 0.4) is 0 Å². The van der Waals surface area contributed by atoms with Gasteiger partial charge in [0.2, 0.25) is 11.8 Å². The van der Waals surface area contributed by atoms with Crippen LogP contribution in [0.1, 0.15) is 20.7 Å². The van der Waals surface area contributed by atoms with Gasteiger partial charge in [-0.05, 0) is 48.5 Å². The highest BCUT2D eigenvalue weighted by Crippen LogP contribution is 2.30. The van der Waals surface area contributed by atoms with Crippen LogP contribution in [-0.2, 0) is 4.57 Å². The molecule has 2 rings (SSSR count). The van der Waals surface area contributed by atoms with E-state index in [1.165, 1.54) is 48.5 Å². The number of hydrogen-bond donors (Lipinski definition) is 2. The van der Waals surface area contributed by atoms with Crippen molar-refractivity contribution < 1.29 is 23.2 Å². The van der Waals surface area contributed by atoms with Crippen LogP contribution in [0.4, 0.5) is 0 Å². The molecule has 2 aromatic carbocycles. The Balaban J connectivity index is 1.97. The molecule has 0 aliphatic rings. The van der Waals surface area contributed by atoms with Crippen molar-refractivity contribution >= 4 is 20.1 Å². The molecule has 0 bridgehead atoms. The molecule has 0 atom stereocenters. The van der Waals surface area contributed by atoms with Crippen LogP contribution in [0.5, 0.6) is 11.5 Å². The summed E-state index contributed by atoms with van der Waals surface area (Å²) in [6, 6.07) is 11.6. The van der Waals surface area contributed by atoms with Crippen LogP contribution in [0.15, 0.2) is 48.5 Å². The van der Waals surface area contributed by atoms with Crippen molar-refractivity contribution in [2.45, 2.75) is 0 Å². The zero-order chi connectivity index (χ0) is 16.1. The Morgan fingerprint density at radius 3 is 1.32 bits per heavy atom. The monoisotopic (exact) mass is 319 g/mol. The maximum absolute atomic E-state index is 11.7. The molecular weight excluding hydrogens is 307 g/mol. The van der Waals surface area contributed by atoms with Crippen LogP contribution in [0.25, 0.3) is 0 Å². The second kappa shape index (κ2) is 6.69. The third-order valence-electron chi connectivity index (χ3n) is 2.64. The lowest BCUT2D eigenvalue weighted by atomic mass is 10.2. The quantitative estimate of drug-likeness (QED) is 0.789. The van der Waals surface area contributed by atoms with Crippen LogP contribution < -0.4 is 20.5 Å². The van der Waals surface area contributed by atoms with Gasteiger partial charge in [-0.1, -0.05) is 0 Å². The summed E-state index contributed by atoms with van der Waals surface area (Å²) in [5.41, 5.74) is 10.8. The van der Waals surface area contributed by atoms with Gasteiger partial charge in [-0.25, -0.2) is 9.05 Å². The Bertz CT molecular complexity index is 652. The summed E-state index contributed by atoms with van der Waals surface area (Å²) in [4.78, 5) is 21.8. The van der Waals surface area contributed by atoms with Crippen LogP contribution in [0, 0.1) is 0 Å². The molecule has 7 nitrogen and oxygen atoms in total. The van der Waals surface area contributed by atoms with Gasteiger partial charge in [-0.3, -0.25) is 9.59 Å². The summed E-state index contributed by atoms with van der Waals surface area (Å²) in [5.74, 6) is -0.608. The number of benzene rings is 2. The van der Waals surface area contributed by atoms with Gasteiger partial charge >= 0.3 is 8.25 Å². The molecule has 8 heteroatoms. The van der Waals surface area contributed by atoms with Crippen molar-refractivity contribution in [2.75, 3.05) is 0 Å². The molecule has 0 aliphatic carbocycles. The summed E-state index contributed by atoms with van der Waals surface area (Å²) in [6.07, 6.45) is 0. The average Bonchev–Trinajstić information content (AvgIpc) is 2.48. The average molecular weight is 319 g/mol. The molecule has 22 heavy (non-hydrogen) atoms. The number of rotatable bonds is 6. The van der Waals surface area contributed by atoms with Crippen molar-refractivity contribution in [2.24, 2.45) is 11.5 Å². The number of amides is 2. The highest BCUT2D eigenvalue weighted by atomic mass is 31.1. The number of carbonyl (C=O) groups excluding carboxylic acids is 2. The molecule has 0 aromatic heterocycles. The van der Waals surface area contributed by atoms with Gasteiger partial charge in [-0.2, -0.15) is 0 Å². The van der Waals surface area contributed by atoms with Crippen LogP contribution >= 0.6 is 8.25 Å². The van der Waals surface area contributed by atoms with E-state index in [1.54, 1.807) is 0 Å². The fourth-order valence-electron chi connectivity index (χ4n) is 1.55. The lowest BCUT2D eigenvalue weighted by molar-refractivity contribution is 0.0992. The Labute approximate surface area is 126 Å². The number of hydrogen-bond acceptors (Lipinski definition) is 5. The highest BCUT2D eigenvalue weighted by molar-refractivity contribution is 7.34. The fourth-order valence-corrected chi connectivity index (χ4v) is 2.18. The van der Waals surface area contributed by atoms with Crippen LogP contribution in [0.2, 0.25) is 0 Å². The molecule has 0 fully saturated rings. The summed E-state index contributed by atoms with van der Waals surface area (Å²) in [7, 11) is -2.47. The fraction of sp³-hybridized carbons (Fsp3) is 0. The molecule has 0 saturated heterocycles. The summed E-state index contributed by atoms with van der Waals surface area (Å²) >= 11 is 0. The number of nitrogens with two attached hydrogens (primary N) is 2. The number of primary amides is 2. The van der Waals surface area contributed by atoms with E-state index in [0.717, 1.165) is 0 Å². The van der Waals surface area contributed by atoms with E-state index in [-0.39, 0.29) is 11.5 Å². The van der Waals surface area contributed by atoms with E-state index in [1.807, 2.05) is 0 Å². The normalized spacial score (nSPS) is 9.82. The zero-order valence-corrected chi connectivity index (χ0v) is 12.2. The predicted octanol–water partition coefficient (Wildman–Crippen LogP) is 2.00. The smallest absolute Gasteiger partial charge is 0.366 e. The van der Waals surface area contributed by atoms with Gasteiger partial charge < -0.3 is 11.5 Å².